The highest BCUT2D eigenvalue weighted by Gasteiger charge is 2.34. The zero-order valence-corrected chi connectivity index (χ0v) is 13.5. The molecule has 0 amide bonds. The SMILES string of the molecule is Cc1ccncc1-n1c([C@H](C)N)nc2cccc(C(F)(F)F)c2c1=O. The van der Waals surface area contributed by atoms with Crippen LogP contribution in [0.25, 0.3) is 16.6 Å². The van der Waals surface area contributed by atoms with E-state index in [9.17, 15) is 18.0 Å². The molecule has 0 unspecified atom stereocenters. The van der Waals surface area contributed by atoms with Crippen molar-refractivity contribution in [2.45, 2.75) is 26.1 Å². The first kappa shape index (κ1) is 17.1. The second-order valence-electron chi connectivity index (χ2n) is 5.76. The normalized spacial score (nSPS) is 13.2. The molecule has 130 valence electrons. The lowest BCUT2D eigenvalue weighted by atomic mass is 10.1. The van der Waals surface area contributed by atoms with Crippen LogP contribution in [0.5, 0.6) is 0 Å². The number of alkyl halides is 3. The summed E-state index contributed by atoms with van der Waals surface area (Å²) in [6, 6.07) is 4.47. The number of fused-ring (bicyclic) bond motifs is 1. The maximum Gasteiger partial charge on any atom is 0.417 e. The second-order valence-corrected chi connectivity index (χ2v) is 5.76. The smallest absolute Gasteiger partial charge is 0.322 e. The molecule has 0 bridgehead atoms. The number of hydrogen-bond donors (Lipinski definition) is 1. The van der Waals surface area contributed by atoms with Crippen LogP contribution in [0.3, 0.4) is 0 Å². The van der Waals surface area contributed by atoms with Gasteiger partial charge in [-0.25, -0.2) is 4.98 Å². The summed E-state index contributed by atoms with van der Waals surface area (Å²) in [6.07, 6.45) is -1.73. The molecule has 0 saturated carbocycles. The molecular weight excluding hydrogens is 333 g/mol. The molecule has 1 atom stereocenters. The van der Waals surface area contributed by atoms with Gasteiger partial charge in [0.1, 0.15) is 5.82 Å². The molecule has 2 aromatic heterocycles. The summed E-state index contributed by atoms with van der Waals surface area (Å²) in [6.45, 7) is 3.34. The van der Waals surface area contributed by atoms with Gasteiger partial charge in [-0.3, -0.25) is 14.3 Å². The maximum absolute atomic E-state index is 13.4. The number of pyridine rings is 1. The van der Waals surface area contributed by atoms with Gasteiger partial charge in [0, 0.05) is 6.20 Å². The van der Waals surface area contributed by atoms with E-state index in [1.807, 2.05) is 0 Å². The van der Waals surface area contributed by atoms with Crippen LogP contribution in [0, 0.1) is 6.92 Å². The molecule has 2 N–H and O–H groups in total. The minimum Gasteiger partial charge on any atom is -0.322 e. The fourth-order valence-electron chi connectivity index (χ4n) is 2.71. The molecule has 0 aliphatic carbocycles. The van der Waals surface area contributed by atoms with E-state index in [1.54, 1.807) is 19.9 Å². The van der Waals surface area contributed by atoms with Crippen molar-refractivity contribution in [1.82, 2.24) is 14.5 Å². The predicted molar refractivity (Wildman–Crippen MR) is 87.5 cm³/mol. The molecule has 0 saturated heterocycles. The molecule has 1 aromatic carbocycles. The lowest BCUT2D eigenvalue weighted by Crippen LogP contribution is -2.29. The number of nitrogens with zero attached hydrogens (tertiary/aromatic N) is 3. The van der Waals surface area contributed by atoms with Gasteiger partial charge in [-0.2, -0.15) is 13.2 Å². The highest BCUT2D eigenvalue weighted by atomic mass is 19.4. The zero-order chi connectivity index (χ0) is 18.4. The Kier molecular flexibility index (Phi) is 4.08. The van der Waals surface area contributed by atoms with Crippen LogP contribution < -0.4 is 11.3 Å². The number of hydrogen-bond acceptors (Lipinski definition) is 4. The summed E-state index contributed by atoms with van der Waals surface area (Å²) in [5, 5.41) is -0.484. The Hall–Kier alpha value is -2.74. The quantitative estimate of drug-likeness (QED) is 0.772. The number of halogens is 3. The van der Waals surface area contributed by atoms with Crippen molar-refractivity contribution in [1.29, 1.82) is 0 Å². The Labute approximate surface area is 140 Å². The third-order valence-electron chi connectivity index (χ3n) is 3.89. The van der Waals surface area contributed by atoms with Crippen molar-refractivity contribution in [3.05, 3.63) is 64.0 Å². The lowest BCUT2D eigenvalue weighted by molar-refractivity contribution is -0.136. The van der Waals surface area contributed by atoms with Crippen molar-refractivity contribution >= 4 is 10.9 Å². The summed E-state index contributed by atoms with van der Waals surface area (Å²) >= 11 is 0. The molecule has 0 aliphatic heterocycles. The third kappa shape index (κ3) is 2.89. The van der Waals surface area contributed by atoms with Crippen LogP contribution in [0.1, 0.15) is 29.9 Å². The Bertz CT molecular complexity index is 1010. The van der Waals surface area contributed by atoms with Crippen molar-refractivity contribution in [3.8, 4) is 5.69 Å². The second kappa shape index (κ2) is 5.96. The summed E-state index contributed by atoms with van der Waals surface area (Å²) in [5.41, 5.74) is 5.07. The van der Waals surface area contributed by atoms with Crippen LogP contribution in [-0.2, 0) is 6.18 Å². The summed E-state index contributed by atoms with van der Waals surface area (Å²) < 4.78 is 41.2. The van der Waals surface area contributed by atoms with Gasteiger partial charge in [0.25, 0.3) is 5.56 Å². The molecule has 0 aliphatic rings. The van der Waals surface area contributed by atoms with Gasteiger partial charge in [-0.15, -0.1) is 0 Å². The third-order valence-corrected chi connectivity index (χ3v) is 3.89. The van der Waals surface area contributed by atoms with Crippen LogP contribution in [0.15, 0.2) is 41.5 Å². The average molecular weight is 348 g/mol. The molecule has 2 heterocycles. The maximum atomic E-state index is 13.4. The van der Waals surface area contributed by atoms with E-state index in [-0.39, 0.29) is 11.3 Å². The van der Waals surface area contributed by atoms with E-state index < -0.39 is 28.7 Å². The van der Waals surface area contributed by atoms with Gasteiger partial charge in [0.15, 0.2) is 0 Å². The molecule has 3 rings (SSSR count). The van der Waals surface area contributed by atoms with Gasteiger partial charge in [-0.1, -0.05) is 6.07 Å². The number of benzene rings is 1. The molecule has 8 heteroatoms. The van der Waals surface area contributed by atoms with Crippen molar-refractivity contribution in [3.63, 3.8) is 0 Å². The Morgan fingerprint density at radius 3 is 2.56 bits per heavy atom. The zero-order valence-electron chi connectivity index (χ0n) is 13.5. The molecule has 0 radical (unpaired) electrons. The van der Waals surface area contributed by atoms with E-state index in [4.69, 9.17) is 5.73 Å². The van der Waals surface area contributed by atoms with E-state index in [0.29, 0.717) is 11.3 Å². The largest absolute Gasteiger partial charge is 0.417 e. The Balaban J connectivity index is 2.52. The number of rotatable bonds is 2. The monoisotopic (exact) mass is 348 g/mol. The summed E-state index contributed by atoms with van der Waals surface area (Å²) in [7, 11) is 0. The highest BCUT2D eigenvalue weighted by Crippen LogP contribution is 2.33. The number of aromatic nitrogens is 3. The molecule has 25 heavy (non-hydrogen) atoms. The van der Waals surface area contributed by atoms with Crippen molar-refractivity contribution in [2.24, 2.45) is 5.73 Å². The Morgan fingerprint density at radius 1 is 1.24 bits per heavy atom. The standard InChI is InChI=1S/C17H15F3N4O/c1-9-6-7-22-8-13(9)24-15(10(2)21)23-12-5-3-4-11(17(18,19)20)14(12)16(24)25/h3-8,10H,21H2,1-2H3/t10-/m0/s1. The van der Waals surface area contributed by atoms with Gasteiger partial charge in [0.2, 0.25) is 0 Å². The molecule has 0 fully saturated rings. The first-order valence-corrected chi connectivity index (χ1v) is 7.51. The number of aryl methyl sites for hydroxylation is 1. The lowest BCUT2D eigenvalue weighted by Gasteiger charge is -2.18. The van der Waals surface area contributed by atoms with Gasteiger partial charge >= 0.3 is 6.18 Å². The minimum absolute atomic E-state index is 0.0371. The van der Waals surface area contributed by atoms with E-state index in [0.717, 1.165) is 10.6 Å². The fraction of sp³-hybridized carbons (Fsp3) is 0.235. The molecular formula is C17H15F3N4O. The first-order valence-electron chi connectivity index (χ1n) is 7.51. The fourth-order valence-corrected chi connectivity index (χ4v) is 2.71. The van der Waals surface area contributed by atoms with Crippen molar-refractivity contribution in [2.75, 3.05) is 0 Å². The van der Waals surface area contributed by atoms with Gasteiger partial charge < -0.3 is 5.73 Å². The van der Waals surface area contributed by atoms with Gasteiger partial charge in [0.05, 0.1) is 34.4 Å². The van der Waals surface area contributed by atoms with Crippen LogP contribution in [-0.4, -0.2) is 14.5 Å². The average Bonchev–Trinajstić information content (AvgIpc) is 2.54. The minimum atomic E-state index is -4.67. The Morgan fingerprint density at radius 2 is 1.96 bits per heavy atom. The molecule has 5 nitrogen and oxygen atoms in total. The summed E-state index contributed by atoms with van der Waals surface area (Å²) in [5.74, 6) is 0.174. The predicted octanol–water partition coefficient (Wildman–Crippen LogP) is 3.13. The summed E-state index contributed by atoms with van der Waals surface area (Å²) in [4.78, 5) is 21.2. The van der Waals surface area contributed by atoms with Crippen LogP contribution >= 0.6 is 0 Å². The topological polar surface area (TPSA) is 73.8 Å². The first-order chi connectivity index (χ1) is 11.7. The van der Waals surface area contributed by atoms with Crippen molar-refractivity contribution < 1.29 is 13.2 Å². The number of nitrogens with two attached hydrogens (primary N) is 1. The van der Waals surface area contributed by atoms with E-state index >= 15 is 0 Å². The van der Waals surface area contributed by atoms with E-state index in [2.05, 4.69) is 9.97 Å². The van der Waals surface area contributed by atoms with Gasteiger partial charge in [-0.05, 0) is 37.6 Å². The van der Waals surface area contributed by atoms with Crippen LogP contribution in [0.2, 0.25) is 0 Å². The molecule has 0 spiro atoms. The highest BCUT2D eigenvalue weighted by molar-refractivity contribution is 5.82. The van der Waals surface area contributed by atoms with Crippen LogP contribution in [0.4, 0.5) is 13.2 Å². The van der Waals surface area contributed by atoms with E-state index in [1.165, 1.54) is 24.5 Å². The molecule has 3 aromatic rings.